The van der Waals surface area contributed by atoms with Gasteiger partial charge in [-0.3, -0.25) is 0 Å². The SMILES string of the molecule is Cc1ccc(-c2[nH+]ccc3c2ccc2ccccc23)cc1F. The quantitative estimate of drug-likeness (QED) is 0.441. The van der Waals surface area contributed by atoms with Crippen LogP contribution in [0.25, 0.3) is 32.8 Å². The molecule has 0 saturated carbocycles. The van der Waals surface area contributed by atoms with Gasteiger partial charge in [-0.25, -0.2) is 9.37 Å². The van der Waals surface area contributed by atoms with E-state index in [1.165, 1.54) is 16.2 Å². The lowest BCUT2D eigenvalue weighted by atomic mass is 9.98. The molecule has 0 amide bonds. The fourth-order valence-corrected chi connectivity index (χ4v) is 2.97. The Morgan fingerprint density at radius 2 is 1.68 bits per heavy atom. The molecule has 0 aliphatic heterocycles. The molecular formula is C20H15FN+. The number of aromatic amines is 1. The Bertz CT molecular complexity index is 1000. The van der Waals surface area contributed by atoms with E-state index in [1.54, 1.807) is 13.0 Å². The van der Waals surface area contributed by atoms with Gasteiger partial charge in [0.05, 0.1) is 5.39 Å². The van der Waals surface area contributed by atoms with Crippen molar-refractivity contribution in [2.24, 2.45) is 0 Å². The van der Waals surface area contributed by atoms with E-state index < -0.39 is 0 Å². The number of aryl methyl sites for hydroxylation is 1. The third-order valence-electron chi connectivity index (χ3n) is 4.18. The van der Waals surface area contributed by atoms with Crippen LogP contribution in [0.1, 0.15) is 5.56 Å². The predicted octanol–water partition coefficient (Wildman–Crippen LogP) is 4.92. The van der Waals surface area contributed by atoms with Crippen molar-refractivity contribution in [3.05, 3.63) is 78.2 Å². The van der Waals surface area contributed by atoms with E-state index >= 15 is 0 Å². The molecule has 0 radical (unpaired) electrons. The standard InChI is InChI=1S/C20H14FN/c1-13-6-7-15(12-19(13)21)20-18-9-8-14-4-2-3-5-16(14)17(18)10-11-22-20/h2-12H,1H3/p+1. The maximum Gasteiger partial charge on any atom is 0.218 e. The highest BCUT2D eigenvalue weighted by atomic mass is 19.1. The van der Waals surface area contributed by atoms with Crippen molar-refractivity contribution >= 4 is 21.5 Å². The molecule has 1 N–H and O–H groups in total. The van der Waals surface area contributed by atoms with E-state index in [2.05, 4.69) is 35.3 Å². The third kappa shape index (κ3) is 1.96. The van der Waals surface area contributed by atoms with Crippen LogP contribution in [0.2, 0.25) is 0 Å². The Kier molecular flexibility index (Phi) is 2.90. The van der Waals surface area contributed by atoms with Crippen molar-refractivity contribution in [1.29, 1.82) is 0 Å². The molecule has 3 aromatic carbocycles. The van der Waals surface area contributed by atoms with Crippen LogP contribution >= 0.6 is 0 Å². The number of rotatable bonds is 1. The summed E-state index contributed by atoms with van der Waals surface area (Å²) in [6.45, 7) is 1.78. The van der Waals surface area contributed by atoms with E-state index in [0.29, 0.717) is 5.56 Å². The molecule has 0 saturated heterocycles. The third-order valence-corrected chi connectivity index (χ3v) is 4.18. The molecule has 1 aromatic heterocycles. The summed E-state index contributed by atoms with van der Waals surface area (Å²) in [5.41, 5.74) is 2.47. The van der Waals surface area contributed by atoms with Crippen molar-refractivity contribution in [3.63, 3.8) is 0 Å². The Labute approximate surface area is 128 Å². The fourth-order valence-electron chi connectivity index (χ4n) is 2.97. The molecule has 1 heterocycles. The minimum absolute atomic E-state index is 0.177. The highest BCUT2D eigenvalue weighted by molar-refractivity contribution is 6.10. The van der Waals surface area contributed by atoms with Gasteiger partial charge in [0.25, 0.3) is 0 Å². The molecule has 22 heavy (non-hydrogen) atoms. The minimum Gasteiger partial charge on any atom is -0.211 e. The lowest BCUT2D eigenvalue weighted by Gasteiger charge is -2.05. The van der Waals surface area contributed by atoms with Crippen LogP contribution in [0, 0.1) is 12.7 Å². The van der Waals surface area contributed by atoms with Crippen LogP contribution < -0.4 is 4.98 Å². The van der Waals surface area contributed by atoms with Crippen LogP contribution in [0.4, 0.5) is 4.39 Å². The van der Waals surface area contributed by atoms with Gasteiger partial charge in [-0.15, -0.1) is 0 Å². The molecule has 0 unspecified atom stereocenters. The molecule has 0 aliphatic rings. The Morgan fingerprint density at radius 3 is 2.55 bits per heavy atom. The van der Waals surface area contributed by atoms with Crippen LogP contribution in [0.5, 0.6) is 0 Å². The van der Waals surface area contributed by atoms with Crippen molar-refractivity contribution in [2.45, 2.75) is 6.92 Å². The maximum atomic E-state index is 13.9. The average molecular weight is 288 g/mol. The Balaban J connectivity index is 2.06. The van der Waals surface area contributed by atoms with Crippen molar-refractivity contribution < 1.29 is 9.37 Å². The molecule has 0 bridgehead atoms. The predicted molar refractivity (Wildman–Crippen MR) is 88.1 cm³/mol. The molecule has 4 aromatic rings. The van der Waals surface area contributed by atoms with Gasteiger partial charge in [0, 0.05) is 17.0 Å². The van der Waals surface area contributed by atoms with Crippen molar-refractivity contribution in [3.8, 4) is 11.3 Å². The molecule has 0 atom stereocenters. The zero-order valence-electron chi connectivity index (χ0n) is 12.2. The number of H-pyrrole nitrogens is 1. The first-order valence-electron chi connectivity index (χ1n) is 7.33. The first kappa shape index (κ1) is 13.0. The minimum atomic E-state index is -0.177. The van der Waals surface area contributed by atoms with Gasteiger partial charge in [-0.2, -0.15) is 0 Å². The average Bonchev–Trinajstić information content (AvgIpc) is 2.56. The van der Waals surface area contributed by atoms with Crippen LogP contribution in [0.15, 0.2) is 66.9 Å². The van der Waals surface area contributed by atoms with E-state index in [1.807, 2.05) is 30.5 Å². The zero-order chi connectivity index (χ0) is 15.1. The molecule has 2 heteroatoms. The number of hydrogen-bond donors (Lipinski definition) is 0. The number of hydrogen-bond acceptors (Lipinski definition) is 0. The summed E-state index contributed by atoms with van der Waals surface area (Å²) in [5.74, 6) is -0.177. The summed E-state index contributed by atoms with van der Waals surface area (Å²) < 4.78 is 13.9. The van der Waals surface area contributed by atoms with Gasteiger partial charge in [-0.05, 0) is 41.5 Å². The second-order valence-corrected chi connectivity index (χ2v) is 5.56. The van der Waals surface area contributed by atoms with E-state index in [4.69, 9.17) is 0 Å². The molecule has 0 fully saturated rings. The smallest absolute Gasteiger partial charge is 0.211 e. The molecule has 0 spiro atoms. The summed E-state index contributed by atoms with van der Waals surface area (Å²) >= 11 is 0. The van der Waals surface area contributed by atoms with Gasteiger partial charge < -0.3 is 0 Å². The van der Waals surface area contributed by atoms with Gasteiger partial charge in [-0.1, -0.05) is 36.4 Å². The summed E-state index contributed by atoms with van der Waals surface area (Å²) in [6.07, 6.45) is 1.92. The van der Waals surface area contributed by atoms with Crippen LogP contribution in [0.3, 0.4) is 0 Å². The van der Waals surface area contributed by atoms with Gasteiger partial charge in [0.2, 0.25) is 5.69 Å². The summed E-state index contributed by atoms with van der Waals surface area (Å²) in [7, 11) is 0. The summed E-state index contributed by atoms with van der Waals surface area (Å²) in [5, 5.41) is 4.70. The lowest BCUT2D eigenvalue weighted by Crippen LogP contribution is -2.06. The zero-order valence-corrected chi connectivity index (χ0v) is 12.2. The molecule has 106 valence electrons. The first-order chi connectivity index (χ1) is 10.7. The highest BCUT2D eigenvalue weighted by Gasteiger charge is 2.13. The van der Waals surface area contributed by atoms with E-state index in [0.717, 1.165) is 16.6 Å². The second-order valence-electron chi connectivity index (χ2n) is 5.56. The first-order valence-corrected chi connectivity index (χ1v) is 7.33. The topological polar surface area (TPSA) is 14.1 Å². The number of halogens is 1. The highest BCUT2D eigenvalue weighted by Crippen LogP contribution is 2.30. The molecule has 0 aliphatic carbocycles. The van der Waals surface area contributed by atoms with Crippen LogP contribution in [-0.2, 0) is 0 Å². The van der Waals surface area contributed by atoms with E-state index in [-0.39, 0.29) is 5.82 Å². The van der Waals surface area contributed by atoms with Crippen molar-refractivity contribution in [2.75, 3.05) is 0 Å². The number of benzene rings is 3. The Hall–Kier alpha value is -2.74. The van der Waals surface area contributed by atoms with Gasteiger partial charge in [0.15, 0.2) is 6.20 Å². The lowest BCUT2D eigenvalue weighted by molar-refractivity contribution is -0.362. The number of pyridine rings is 1. The summed E-state index contributed by atoms with van der Waals surface area (Å²) in [4.78, 5) is 3.27. The number of fused-ring (bicyclic) bond motifs is 3. The number of nitrogens with one attached hydrogen (secondary N) is 1. The monoisotopic (exact) mass is 288 g/mol. The summed E-state index contributed by atoms with van der Waals surface area (Å²) in [6, 6.07) is 20.0. The van der Waals surface area contributed by atoms with Gasteiger partial charge >= 0.3 is 0 Å². The van der Waals surface area contributed by atoms with E-state index in [9.17, 15) is 4.39 Å². The Morgan fingerprint density at radius 1 is 0.818 bits per heavy atom. The normalized spacial score (nSPS) is 11.2. The second kappa shape index (κ2) is 4.92. The van der Waals surface area contributed by atoms with Crippen molar-refractivity contribution in [1.82, 2.24) is 0 Å². The fraction of sp³-hybridized carbons (Fsp3) is 0.0500. The maximum absolute atomic E-state index is 13.9. The number of aromatic nitrogens is 1. The van der Waals surface area contributed by atoms with Gasteiger partial charge in [0.1, 0.15) is 5.82 Å². The molecule has 4 rings (SSSR count). The molecular weight excluding hydrogens is 273 g/mol. The van der Waals surface area contributed by atoms with Crippen LogP contribution in [-0.4, -0.2) is 0 Å². The largest absolute Gasteiger partial charge is 0.218 e. The molecule has 1 nitrogen and oxygen atoms in total.